The van der Waals surface area contributed by atoms with Crippen molar-refractivity contribution < 1.29 is 4.42 Å². The second-order valence-corrected chi connectivity index (χ2v) is 8.15. The van der Waals surface area contributed by atoms with Crippen LogP contribution in [-0.2, 0) is 6.54 Å². The summed E-state index contributed by atoms with van der Waals surface area (Å²) in [5.74, 6) is 1.44. The number of furan rings is 1. The van der Waals surface area contributed by atoms with Crippen molar-refractivity contribution in [3.05, 3.63) is 54.7 Å². The number of imidazole rings is 1. The van der Waals surface area contributed by atoms with E-state index in [9.17, 15) is 0 Å². The number of nitrogens with one attached hydrogen (secondary N) is 2. The molecule has 0 spiro atoms. The van der Waals surface area contributed by atoms with Crippen molar-refractivity contribution in [2.45, 2.75) is 51.6 Å². The SMILES string of the molecule is CCCNc1nc(NCc2ccc(-c3ccoc3)cc2)c2ncn(C3CCCC3)c2n1. The third kappa shape index (κ3) is 4.13. The minimum absolute atomic E-state index is 0.488. The van der Waals surface area contributed by atoms with Gasteiger partial charge in [-0.1, -0.05) is 44.0 Å². The average Bonchev–Trinajstić information content (AvgIpc) is 3.57. The van der Waals surface area contributed by atoms with E-state index in [2.05, 4.69) is 51.4 Å². The summed E-state index contributed by atoms with van der Waals surface area (Å²) in [4.78, 5) is 14.2. The van der Waals surface area contributed by atoms with Crippen molar-refractivity contribution in [3.63, 3.8) is 0 Å². The van der Waals surface area contributed by atoms with Crippen LogP contribution in [-0.4, -0.2) is 26.1 Å². The molecule has 5 rings (SSSR count). The van der Waals surface area contributed by atoms with Crippen LogP contribution in [0, 0.1) is 0 Å². The Morgan fingerprint density at radius 3 is 2.61 bits per heavy atom. The molecule has 0 aliphatic heterocycles. The lowest BCUT2D eigenvalue weighted by molar-refractivity contribution is 0.529. The van der Waals surface area contributed by atoms with Gasteiger partial charge in [-0.15, -0.1) is 0 Å². The van der Waals surface area contributed by atoms with Gasteiger partial charge in [0.2, 0.25) is 5.95 Å². The van der Waals surface area contributed by atoms with Gasteiger partial charge >= 0.3 is 0 Å². The van der Waals surface area contributed by atoms with Crippen LogP contribution in [0.5, 0.6) is 0 Å². The van der Waals surface area contributed by atoms with Gasteiger partial charge < -0.3 is 19.6 Å². The van der Waals surface area contributed by atoms with E-state index in [-0.39, 0.29) is 0 Å². The molecule has 31 heavy (non-hydrogen) atoms. The van der Waals surface area contributed by atoms with Gasteiger partial charge in [0, 0.05) is 24.7 Å². The summed E-state index contributed by atoms with van der Waals surface area (Å²) in [6.07, 6.45) is 11.3. The zero-order valence-electron chi connectivity index (χ0n) is 17.8. The highest BCUT2D eigenvalue weighted by atomic mass is 16.3. The van der Waals surface area contributed by atoms with Crippen LogP contribution < -0.4 is 10.6 Å². The van der Waals surface area contributed by atoms with Gasteiger partial charge in [-0.05, 0) is 36.5 Å². The molecule has 0 atom stereocenters. The minimum atomic E-state index is 0.488. The van der Waals surface area contributed by atoms with E-state index >= 15 is 0 Å². The number of rotatable bonds is 8. The quantitative estimate of drug-likeness (QED) is 0.387. The van der Waals surface area contributed by atoms with Gasteiger partial charge in [-0.3, -0.25) is 0 Å². The van der Waals surface area contributed by atoms with Gasteiger partial charge in [-0.2, -0.15) is 9.97 Å². The number of hydrogen-bond donors (Lipinski definition) is 2. The number of hydrogen-bond acceptors (Lipinski definition) is 6. The topological polar surface area (TPSA) is 80.8 Å². The average molecular weight is 417 g/mol. The Morgan fingerprint density at radius 2 is 1.87 bits per heavy atom. The molecule has 3 heterocycles. The fraction of sp³-hybridized carbons (Fsp3) is 0.375. The first kappa shape index (κ1) is 19.6. The molecular weight excluding hydrogens is 388 g/mol. The lowest BCUT2D eigenvalue weighted by atomic mass is 10.1. The Balaban J connectivity index is 1.40. The van der Waals surface area contributed by atoms with Gasteiger partial charge in [0.05, 0.1) is 18.9 Å². The maximum atomic E-state index is 5.18. The number of aromatic nitrogens is 4. The van der Waals surface area contributed by atoms with Crippen LogP contribution in [0.1, 0.15) is 50.6 Å². The van der Waals surface area contributed by atoms with Crippen LogP contribution in [0.15, 0.2) is 53.6 Å². The Morgan fingerprint density at radius 1 is 1.03 bits per heavy atom. The maximum absolute atomic E-state index is 5.18. The molecule has 4 aromatic rings. The molecule has 1 aliphatic rings. The summed E-state index contributed by atoms with van der Waals surface area (Å²) < 4.78 is 7.42. The Hall–Kier alpha value is -3.35. The molecule has 1 saturated carbocycles. The predicted molar refractivity (Wildman–Crippen MR) is 123 cm³/mol. The van der Waals surface area contributed by atoms with Crippen molar-refractivity contribution in [2.24, 2.45) is 0 Å². The molecule has 0 amide bonds. The predicted octanol–water partition coefficient (Wildman–Crippen LogP) is 5.64. The lowest BCUT2D eigenvalue weighted by Gasteiger charge is -2.14. The molecule has 1 fully saturated rings. The number of fused-ring (bicyclic) bond motifs is 1. The number of nitrogens with zero attached hydrogens (tertiary/aromatic N) is 4. The Labute approximate surface area is 181 Å². The summed E-state index contributed by atoms with van der Waals surface area (Å²) in [5, 5.41) is 6.84. The zero-order valence-corrected chi connectivity index (χ0v) is 17.8. The van der Waals surface area contributed by atoms with E-state index < -0.39 is 0 Å². The van der Waals surface area contributed by atoms with Crippen molar-refractivity contribution in [3.8, 4) is 11.1 Å². The molecule has 0 radical (unpaired) electrons. The number of anilines is 2. The van der Waals surface area contributed by atoms with Gasteiger partial charge in [-0.25, -0.2) is 4.98 Å². The molecular formula is C24H28N6O. The van der Waals surface area contributed by atoms with Crippen LogP contribution in [0.2, 0.25) is 0 Å². The van der Waals surface area contributed by atoms with Gasteiger partial charge in [0.25, 0.3) is 0 Å². The monoisotopic (exact) mass is 416 g/mol. The Bertz CT molecular complexity index is 1130. The second kappa shape index (κ2) is 8.79. The van der Waals surface area contributed by atoms with E-state index in [1.165, 1.54) is 31.2 Å². The lowest BCUT2D eigenvalue weighted by Crippen LogP contribution is -2.10. The van der Waals surface area contributed by atoms with Gasteiger partial charge in [0.15, 0.2) is 17.0 Å². The third-order valence-electron chi connectivity index (χ3n) is 5.94. The van der Waals surface area contributed by atoms with Crippen LogP contribution in [0.25, 0.3) is 22.3 Å². The first-order chi connectivity index (χ1) is 15.3. The molecule has 0 unspecified atom stereocenters. The molecule has 0 bridgehead atoms. The van der Waals surface area contributed by atoms with Crippen molar-refractivity contribution in [1.82, 2.24) is 19.5 Å². The first-order valence-electron chi connectivity index (χ1n) is 11.2. The molecule has 7 heteroatoms. The molecule has 160 valence electrons. The van der Waals surface area contributed by atoms with Gasteiger partial charge in [0.1, 0.15) is 0 Å². The molecule has 1 aliphatic carbocycles. The summed E-state index contributed by atoms with van der Waals surface area (Å²) in [6.45, 7) is 3.65. The fourth-order valence-electron chi connectivity index (χ4n) is 4.23. The molecule has 0 saturated heterocycles. The van der Waals surface area contributed by atoms with Crippen molar-refractivity contribution in [1.29, 1.82) is 0 Å². The first-order valence-corrected chi connectivity index (χ1v) is 11.2. The smallest absolute Gasteiger partial charge is 0.226 e. The second-order valence-electron chi connectivity index (χ2n) is 8.15. The highest BCUT2D eigenvalue weighted by Crippen LogP contribution is 2.33. The molecule has 1 aromatic carbocycles. The third-order valence-corrected chi connectivity index (χ3v) is 5.94. The zero-order chi connectivity index (χ0) is 21.0. The fourth-order valence-corrected chi connectivity index (χ4v) is 4.23. The summed E-state index contributed by atoms with van der Waals surface area (Å²) in [6, 6.07) is 10.9. The molecule has 3 aromatic heterocycles. The number of benzene rings is 1. The van der Waals surface area contributed by atoms with E-state index in [4.69, 9.17) is 14.4 Å². The van der Waals surface area contributed by atoms with E-state index in [0.717, 1.165) is 41.1 Å². The largest absolute Gasteiger partial charge is 0.472 e. The summed E-state index contributed by atoms with van der Waals surface area (Å²) in [5.41, 5.74) is 5.16. The van der Waals surface area contributed by atoms with Crippen molar-refractivity contribution in [2.75, 3.05) is 17.2 Å². The van der Waals surface area contributed by atoms with Crippen LogP contribution in [0.4, 0.5) is 11.8 Å². The molecule has 7 nitrogen and oxygen atoms in total. The van der Waals surface area contributed by atoms with Crippen LogP contribution >= 0.6 is 0 Å². The summed E-state index contributed by atoms with van der Waals surface area (Å²) in [7, 11) is 0. The van der Waals surface area contributed by atoms with Crippen LogP contribution in [0.3, 0.4) is 0 Å². The standard InChI is InChI=1S/C24H28N6O/c1-2-12-25-24-28-22(21-23(29-24)30(16-27-21)20-5-3-4-6-20)26-14-17-7-9-18(10-8-17)19-11-13-31-15-19/h7-11,13,15-16,20H,2-6,12,14H2,1H3,(H2,25,26,28,29). The summed E-state index contributed by atoms with van der Waals surface area (Å²) >= 11 is 0. The van der Waals surface area contributed by atoms with Crippen molar-refractivity contribution >= 4 is 22.9 Å². The normalized spacial score (nSPS) is 14.4. The van der Waals surface area contributed by atoms with E-state index in [1.807, 2.05) is 12.4 Å². The van der Waals surface area contributed by atoms with E-state index in [1.54, 1.807) is 12.5 Å². The highest BCUT2D eigenvalue weighted by Gasteiger charge is 2.21. The highest BCUT2D eigenvalue weighted by molar-refractivity contribution is 5.84. The molecule has 2 N–H and O–H groups in total. The van der Waals surface area contributed by atoms with E-state index in [0.29, 0.717) is 18.5 Å². The Kier molecular flexibility index (Phi) is 5.56. The maximum Gasteiger partial charge on any atom is 0.226 e. The minimum Gasteiger partial charge on any atom is -0.472 e.